The molecule has 0 spiro atoms. The Morgan fingerprint density at radius 3 is 2.57 bits per heavy atom. The first-order valence-corrected chi connectivity index (χ1v) is 9.72. The normalized spacial score (nSPS) is 23.4. The number of nitrogens with one attached hydrogen (secondary N) is 1. The van der Waals surface area contributed by atoms with Crippen molar-refractivity contribution >= 4 is 15.7 Å². The minimum absolute atomic E-state index is 0.0711. The first-order valence-electron chi connectivity index (χ1n) is 7.90. The van der Waals surface area contributed by atoms with Crippen LogP contribution in [0.4, 0.5) is 0 Å². The van der Waals surface area contributed by atoms with E-state index in [0.29, 0.717) is 18.5 Å². The minimum Gasteiger partial charge on any atom is -0.370 e. The molecule has 2 aliphatic rings. The summed E-state index contributed by atoms with van der Waals surface area (Å²) in [5.74, 6) is 0.0986. The average molecular weight is 317 g/mol. The number of carbonyl (C=O) groups excluding carboxylic acids is 1. The summed E-state index contributed by atoms with van der Waals surface area (Å²) >= 11 is 0. The van der Waals surface area contributed by atoms with Crippen molar-refractivity contribution in [2.24, 2.45) is 11.7 Å². The van der Waals surface area contributed by atoms with Gasteiger partial charge in [0.1, 0.15) is 0 Å². The molecule has 2 fully saturated rings. The van der Waals surface area contributed by atoms with Crippen molar-refractivity contribution < 1.29 is 13.2 Å². The third-order valence-corrected chi connectivity index (χ3v) is 5.93. The van der Waals surface area contributed by atoms with E-state index in [1.165, 1.54) is 25.7 Å². The molecule has 1 saturated heterocycles. The smallest absolute Gasteiger partial charge is 0.218 e. The van der Waals surface area contributed by atoms with Gasteiger partial charge in [-0.3, -0.25) is 9.69 Å². The van der Waals surface area contributed by atoms with E-state index in [1.807, 2.05) is 0 Å². The van der Waals surface area contributed by atoms with Gasteiger partial charge >= 0.3 is 0 Å². The number of amides is 1. The first-order chi connectivity index (χ1) is 9.96. The maximum atomic E-state index is 11.9. The molecule has 0 radical (unpaired) electrons. The Morgan fingerprint density at radius 2 is 2.00 bits per heavy atom. The third-order valence-electron chi connectivity index (χ3n) is 4.30. The standard InChI is InChI=1S/C14H27N3O3S/c15-14(18)5-8-21(19,20)9-7-17(13-3-4-13)11-12-2-1-6-16-10-12/h12-13,16H,1-11H2,(H2,15,18). The van der Waals surface area contributed by atoms with E-state index in [4.69, 9.17) is 5.73 Å². The molecule has 1 heterocycles. The van der Waals surface area contributed by atoms with Crippen molar-refractivity contribution in [3.8, 4) is 0 Å². The summed E-state index contributed by atoms with van der Waals surface area (Å²) in [5.41, 5.74) is 5.02. The van der Waals surface area contributed by atoms with E-state index in [1.54, 1.807) is 0 Å². The van der Waals surface area contributed by atoms with E-state index >= 15 is 0 Å². The number of hydrogen-bond acceptors (Lipinski definition) is 5. The lowest BCUT2D eigenvalue weighted by Gasteiger charge is -2.30. The number of sulfone groups is 1. The maximum Gasteiger partial charge on any atom is 0.218 e. The lowest BCUT2D eigenvalue weighted by atomic mass is 9.99. The molecule has 0 aromatic carbocycles. The van der Waals surface area contributed by atoms with Crippen LogP contribution in [0.5, 0.6) is 0 Å². The molecule has 0 bridgehead atoms. The van der Waals surface area contributed by atoms with Crippen molar-refractivity contribution in [3.05, 3.63) is 0 Å². The molecule has 7 heteroatoms. The van der Waals surface area contributed by atoms with Crippen molar-refractivity contribution in [1.29, 1.82) is 0 Å². The zero-order valence-corrected chi connectivity index (χ0v) is 13.4. The van der Waals surface area contributed by atoms with Crippen molar-refractivity contribution in [1.82, 2.24) is 10.2 Å². The van der Waals surface area contributed by atoms with Crippen LogP contribution in [0.1, 0.15) is 32.1 Å². The van der Waals surface area contributed by atoms with Gasteiger partial charge in [-0.05, 0) is 44.7 Å². The van der Waals surface area contributed by atoms with Crippen LogP contribution in [0.2, 0.25) is 0 Å². The van der Waals surface area contributed by atoms with E-state index in [2.05, 4.69) is 10.2 Å². The van der Waals surface area contributed by atoms with Crippen LogP contribution in [-0.4, -0.2) is 63.0 Å². The molecule has 1 aliphatic carbocycles. The van der Waals surface area contributed by atoms with E-state index in [-0.39, 0.29) is 17.9 Å². The Kier molecular flexibility index (Phi) is 6.01. The molecule has 0 aromatic heterocycles. The highest BCUT2D eigenvalue weighted by molar-refractivity contribution is 7.91. The summed E-state index contributed by atoms with van der Waals surface area (Å²) in [6.45, 7) is 3.71. The Hall–Kier alpha value is -0.660. The van der Waals surface area contributed by atoms with Crippen molar-refractivity contribution in [3.63, 3.8) is 0 Å². The largest absolute Gasteiger partial charge is 0.370 e. The molecular weight excluding hydrogens is 290 g/mol. The summed E-state index contributed by atoms with van der Waals surface area (Å²) in [6.07, 6.45) is 4.73. The van der Waals surface area contributed by atoms with Gasteiger partial charge < -0.3 is 11.1 Å². The predicted molar refractivity (Wildman–Crippen MR) is 82.7 cm³/mol. The number of hydrogen-bond donors (Lipinski definition) is 2. The number of carbonyl (C=O) groups is 1. The second-order valence-electron chi connectivity index (χ2n) is 6.31. The Morgan fingerprint density at radius 1 is 1.24 bits per heavy atom. The van der Waals surface area contributed by atoms with Crippen LogP contribution in [0.25, 0.3) is 0 Å². The number of piperidine rings is 1. The van der Waals surface area contributed by atoms with Gasteiger partial charge in [0.15, 0.2) is 9.84 Å². The number of primary amides is 1. The summed E-state index contributed by atoms with van der Waals surface area (Å²) in [7, 11) is -3.18. The van der Waals surface area contributed by atoms with Gasteiger partial charge in [-0.25, -0.2) is 8.42 Å². The molecule has 21 heavy (non-hydrogen) atoms. The summed E-state index contributed by atoms with van der Waals surface area (Å²) in [5, 5.41) is 3.41. The SMILES string of the molecule is NC(=O)CCS(=O)(=O)CCN(CC1CCCNC1)C1CC1. The molecule has 3 N–H and O–H groups in total. The summed E-state index contributed by atoms with van der Waals surface area (Å²) in [4.78, 5) is 13.0. The van der Waals surface area contributed by atoms with Crippen molar-refractivity contribution in [2.75, 3.05) is 37.7 Å². The molecule has 1 unspecified atom stereocenters. The highest BCUT2D eigenvalue weighted by Gasteiger charge is 2.31. The first kappa shape index (κ1) is 16.7. The molecule has 1 atom stereocenters. The zero-order chi connectivity index (χ0) is 15.3. The lowest BCUT2D eigenvalue weighted by Crippen LogP contribution is -2.41. The maximum absolute atomic E-state index is 11.9. The number of nitrogens with zero attached hydrogens (tertiary/aromatic N) is 1. The van der Waals surface area contributed by atoms with Crippen LogP contribution in [0, 0.1) is 5.92 Å². The lowest BCUT2D eigenvalue weighted by molar-refractivity contribution is -0.117. The minimum atomic E-state index is -3.18. The van der Waals surface area contributed by atoms with Crippen molar-refractivity contribution in [2.45, 2.75) is 38.1 Å². The van der Waals surface area contributed by atoms with Crippen LogP contribution in [-0.2, 0) is 14.6 Å². The molecule has 0 aromatic rings. The van der Waals surface area contributed by atoms with Crippen LogP contribution < -0.4 is 11.1 Å². The quantitative estimate of drug-likeness (QED) is 0.611. The third kappa shape index (κ3) is 6.32. The van der Waals surface area contributed by atoms with Gasteiger partial charge in [0.05, 0.1) is 11.5 Å². The van der Waals surface area contributed by atoms with Gasteiger partial charge in [0.2, 0.25) is 5.91 Å². The number of nitrogens with two attached hydrogens (primary N) is 1. The zero-order valence-electron chi connectivity index (χ0n) is 12.6. The molecule has 1 amide bonds. The molecule has 1 aliphatic heterocycles. The summed E-state index contributed by atoms with van der Waals surface area (Å²) in [6, 6.07) is 0.568. The molecule has 2 rings (SSSR count). The van der Waals surface area contributed by atoms with Gasteiger partial charge in [-0.1, -0.05) is 0 Å². The summed E-state index contributed by atoms with van der Waals surface area (Å²) < 4.78 is 23.9. The monoisotopic (exact) mass is 317 g/mol. The highest BCUT2D eigenvalue weighted by atomic mass is 32.2. The fraction of sp³-hybridized carbons (Fsp3) is 0.929. The number of rotatable bonds is 9. The van der Waals surface area contributed by atoms with Gasteiger partial charge in [-0.2, -0.15) is 0 Å². The van der Waals surface area contributed by atoms with Gasteiger partial charge in [0.25, 0.3) is 0 Å². The molecule has 1 saturated carbocycles. The molecular formula is C14H27N3O3S. The average Bonchev–Trinajstić information content (AvgIpc) is 3.27. The molecule has 122 valence electrons. The Labute approximate surface area is 127 Å². The Bertz CT molecular complexity index is 442. The van der Waals surface area contributed by atoms with E-state index in [0.717, 1.165) is 19.6 Å². The second-order valence-corrected chi connectivity index (χ2v) is 8.61. The van der Waals surface area contributed by atoms with E-state index in [9.17, 15) is 13.2 Å². The second kappa shape index (κ2) is 7.56. The topological polar surface area (TPSA) is 92.5 Å². The van der Waals surface area contributed by atoms with Crippen LogP contribution in [0.3, 0.4) is 0 Å². The Balaban J connectivity index is 1.78. The molecule has 6 nitrogen and oxygen atoms in total. The van der Waals surface area contributed by atoms with Gasteiger partial charge in [0, 0.05) is 25.6 Å². The van der Waals surface area contributed by atoms with Gasteiger partial charge in [-0.15, -0.1) is 0 Å². The van der Waals surface area contributed by atoms with Crippen LogP contribution in [0.15, 0.2) is 0 Å². The fourth-order valence-electron chi connectivity index (χ4n) is 2.89. The van der Waals surface area contributed by atoms with Crippen LogP contribution >= 0.6 is 0 Å². The predicted octanol–water partition coefficient (Wildman–Crippen LogP) is -0.259. The highest BCUT2D eigenvalue weighted by Crippen LogP contribution is 2.28. The van der Waals surface area contributed by atoms with E-state index < -0.39 is 15.7 Å². The fourth-order valence-corrected chi connectivity index (χ4v) is 4.12.